The molecule has 0 saturated carbocycles. The van der Waals surface area contributed by atoms with Crippen LogP contribution in [0.4, 0.5) is 13.2 Å². The average Bonchev–Trinajstić information content (AvgIpc) is 2.31. The lowest BCUT2D eigenvalue weighted by Crippen LogP contribution is -2.17. The molecule has 0 amide bonds. The summed E-state index contributed by atoms with van der Waals surface area (Å²) in [5, 5.41) is 0. The van der Waals surface area contributed by atoms with Crippen LogP contribution in [-0.4, -0.2) is 22.7 Å². The topological polar surface area (TPSA) is 43.4 Å². The van der Waals surface area contributed by atoms with E-state index in [-0.39, 0.29) is 12.2 Å². The second-order valence-corrected chi connectivity index (χ2v) is 12.2. The van der Waals surface area contributed by atoms with Crippen LogP contribution in [-0.2, 0) is 27.1 Å². The van der Waals surface area contributed by atoms with Gasteiger partial charge in [0, 0.05) is 5.56 Å². The first-order chi connectivity index (χ1) is 9.78. The quantitative estimate of drug-likeness (QED) is 0.477. The fraction of sp³-hybridized carbons (Fsp3) is 0.429. The summed E-state index contributed by atoms with van der Waals surface area (Å²) in [7, 11) is -5.50. The van der Waals surface area contributed by atoms with Crippen molar-refractivity contribution in [1.82, 2.24) is 0 Å². The van der Waals surface area contributed by atoms with Gasteiger partial charge in [0.1, 0.15) is 8.07 Å². The van der Waals surface area contributed by atoms with Crippen LogP contribution in [0.15, 0.2) is 18.2 Å². The summed E-state index contributed by atoms with van der Waals surface area (Å²) < 4.78 is 65.5. The molecule has 0 aliphatic heterocycles. The molecule has 122 valence electrons. The normalized spacial score (nSPS) is 12.7. The summed E-state index contributed by atoms with van der Waals surface area (Å²) in [6.45, 7) is 5.44. The second kappa shape index (κ2) is 6.44. The molecule has 0 atom stereocenters. The van der Waals surface area contributed by atoms with E-state index in [2.05, 4.69) is 15.6 Å². The summed E-state index contributed by atoms with van der Waals surface area (Å²) in [6, 6.07) is 3.31. The van der Waals surface area contributed by atoms with Gasteiger partial charge in [-0.15, -0.1) is 5.54 Å². The van der Waals surface area contributed by atoms with Crippen LogP contribution >= 0.6 is 0 Å². The molecule has 3 nitrogen and oxygen atoms in total. The highest BCUT2D eigenvalue weighted by Crippen LogP contribution is 2.32. The largest absolute Gasteiger partial charge is 0.417 e. The molecular weight excluding hydrogens is 333 g/mol. The molecule has 0 aromatic heterocycles. The number of hydrogen-bond acceptors (Lipinski definition) is 3. The van der Waals surface area contributed by atoms with Gasteiger partial charge in [0.2, 0.25) is 0 Å². The van der Waals surface area contributed by atoms with Crippen LogP contribution in [0.1, 0.15) is 16.7 Å². The minimum atomic E-state index is -4.51. The number of halogens is 3. The van der Waals surface area contributed by atoms with Crippen LogP contribution < -0.4 is 0 Å². The Labute approximate surface area is 129 Å². The lowest BCUT2D eigenvalue weighted by molar-refractivity contribution is -0.137. The Balaban J connectivity index is 3.25. The van der Waals surface area contributed by atoms with Crippen molar-refractivity contribution in [3.8, 4) is 11.5 Å². The lowest BCUT2D eigenvalue weighted by Gasteiger charge is -2.12. The predicted octanol–water partition coefficient (Wildman–Crippen LogP) is 3.41. The van der Waals surface area contributed by atoms with Gasteiger partial charge in [-0.25, -0.2) is 0 Å². The van der Waals surface area contributed by atoms with E-state index in [0.29, 0.717) is 5.56 Å². The summed E-state index contributed by atoms with van der Waals surface area (Å²) in [4.78, 5) is 0. The maximum Gasteiger partial charge on any atom is 0.417 e. The van der Waals surface area contributed by atoms with Crippen LogP contribution in [0, 0.1) is 11.5 Å². The van der Waals surface area contributed by atoms with E-state index in [9.17, 15) is 21.6 Å². The predicted molar refractivity (Wildman–Crippen MR) is 81.3 cm³/mol. The van der Waals surface area contributed by atoms with Crippen molar-refractivity contribution in [3.05, 3.63) is 34.9 Å². The summed E-state index contributed by atoms with van der Waals surface area (Å²) in [5.41, 5.74) is 2.20. The minimum Gasteiger partial charge on any atom is -0.265 e. The standard InChI is InChI=1S/C14H17F3O3SSi/c1-21(18,19)20-10-11-5-6-13(14(15,16)17)12(9-11)7-8-22(2,3)4/h5-6,9H,10H2,1-4H3. The number of alkyl halides is 3. The van der Waals surface area contributed by atoms with Crippen LogP contribution in [0.3, 0.4) is 0 Å². The fourth-order valence-corrected chi connectivity index (χ4v) is 2.32. The van der Waals surface area contributed by atoms with Crippen LogP contribution in [0.5, 0.6) is 0 Å². The molecule has 0 aliphatic carbocycles. The van der Waals surface area contributed by atoms with Crippen molar-refractivity contribution >= 4 is 18.2 Å². The van der Waals surface area contributed by atoms with E-state index >= 15 is 0 Å². The maximum atomic E-state index is 13.0. The Hall–Kier alpha value is -1.30. The fourth-order valence-electron chi connectivity index (χ4n) is 1.46. The highest BCUT2D eigenvalue weighted by molar-refractivity contribution is 7.85. The van der Waals surface area contributed by atoms with Gasteiger partial charge in [-0.05, 0) is 17.7 Å². The van der Waals surface area contributed by atoms with E-state index in [1.165, 1.54) is 12.1 Å². The van der Waals surface area contributed by atoms with E-state index in [1.54, 1.807) is 0 Å². The van der Waals surface area contributed by atoms with Crippen molar-refractivity contribution in [2.45, 2.75) is 32.4 Å². The molecule has 0 unspecified atom stereocenters. The van der Waals surface area contributed by atoms with Crippen molar-refractivity contribution in [3.63, 3.8) is 0 Å². The molecule has 8 heteroatoms. The Morgan fingerprint density at radius 3 is 2.27 bits per heavy atom. The van der Waals surface area contributed by atoms with Gasteiger partial charge < -0.3 is 0 Å². The SMILES string of the molecule is C[Si](C)(C)C#Cc1cc(COS(C)(=O)=O)ccc1C(F)(F)F. The molecule has 0 radical (unpaired) electrons. The molecular formula is C14H17F3O3SSi. The third kappa shape index (κ3) is 6.64. The van der Waals surface area contributed by atoms with Gasteiger partial charge >= 0.3 is 6.18 Å². The smallest absolute Gasteiger partial charge is 0.265 e. The Morgan fingerprint density at radius 1 is 1.23 bits per heavy atom. The van der Waals surface area contributed by atoms with Gasteiger partial charge in [0.05, 0.1) is 18.4 Å². The molecule has 0 bridgehead atoms. The Kier molecular flexibility index (Phi) is 5.49. The third-order valence-electron chi connectivity index (χ3n) is 2.40. The molecule has 22 heavy (non-hydrogen) atoms. The van der Waals surface area contributed by atoms with Gasteiger partial charge in [-0.3, -0.25) is 4.18 Å². The number of benzene rings is 1. The second-order valence-electron chi connectivity index (χ2n) is 5.84. The Bertz CT molecular complexity index is 708. The zero-order chi connectivity index (χ0) is 17.2. The highest BCUT2D eigenvalue weighted by atomic mass is 32.2. The van der Waals surface area contributed by atoms with E-state index in [1.807, 2.05) is 19.6 Å². The zero-order valence-electron chi connectivity index (χ0n) is 12.7. The van der Waals surface area contributed by atoms with E-state index in [0.717, 1.165) is 12.3 Å². The molecule has 0 N–H and O–H groups in total. The van der Waals surface area contributed by atoms with Crippen molar-refractivity contribution in [2.24, 2.45) is 0 Å². The van der Waals surface area contributed by atoms with Crippen molar-refractivity contribution in [2.75, 3.05) is 6.26 Å². The lowest BCUT2D eigenvalue weighted by atomic mass is 10.0. The molecule has 0 spiro atoms. The van der Waals surface area contributed by atoms with Crippen LogP contribution in [0.25, 0.3) is 0 Å². The van der Waals surface area contributed by atoms with Gasteiger partial charge in [0.25, 0.3) is 10.1 Å². The molecule has 0 heterocycles. The van der Waals surface area contributed by atoms with E-state index < -0.39 is 29.9 Å². The van der Waals surface area contributed by atoms with Gasteiger partial charge in [0.15, 0.2) is 0 Å². The highest BCUT2D eigenvalue weighted by Gasteiger charge is 2.33. The van der Waals surface area contributed by atoms with Crippen molar-refractivity contribution < 1.29 is 25.8 Å². The van der Waals surface area contributed by atoms with Gasteiger partial charge in [-0.1, -0.05) is 31.6 Å². The zero-order valence-corrected chi connectivity index (χ0v) is 14.5. The molecule has 0 fully saturated rings. The van der Waals surface area contributed by atoms with Gasteiger partial charge in [-0.2, -0.15) is 21.6 Å². The number of hydrogen-bond donors (Lipinski definition) is 0. The molecule has 1 aromatic rings. The number of rotatable bonds is 3. The summed E-state index contributed by atoms with van der Waals surface area (Å²) >= 11 is 0. The third-order valence-corrected chi connectivity index (χ3v) is 3.82. The monoisotopic (exact) mass is 350 g/mol. The maximum absolute atomic E-state index is 13.0. The average molecular weight is 350 g/mol. The minimum absolute atomic E-state index is 0.162. The van der Waals surface area contributed by atoms with E-state index in [4.69, 9.17) is 0 Å². The van der Waals surface area contributed by atoms with Crippen molar-refractivity contribution in [1.29, 1.82) is 0 Å². The Morgan fingerprint density at radius 2 is 1.82 bits per heavy atom. The molecule has 1 aromatic carbocycles. The summed E-state index contributed by atoms with van der Waals surface area (Å²) in [5.74, 6) is 2.58. The first kappa shape index (κ1) is 18.7. The van der Waals surface area contributed by atoms with Crippen LogP contribution in [0.2, 0.25) is 19.6 Å². The molecule has 0 saturated heterocycles. The first-order valence-corrected chi connectivity index (χ1v) is 11.7. The molecule has 1 rings (SSSR count). The first-order valence-electron chi connectivity index (χ1n) is 6.36. The molecule has 0 aliphatic rings. The summed E-state index contributed by atoms with van der Waals surface area (Å²) in [6.07, 6.45) is -3.64.